The van der Waals surface area contributed by atoms with Gasteiger partial charge in [-0.05, 0) is 36.0 Å². The van der Waals surface area contributed by atoms with Gasteiger partial charge in [0.2, 0.25) is 0 Å². The summed E-state index contributed by atoms with van der Waals surface area (Å²) in [6.07, 6.45) is 1.42. The number of nitrogens with two attached hydrogens (primary N) is 1. The molecule has 0 radical (unpaired) electrons. The highest BCUT2D eigenvalue weighted by Gasteiger charge is 1.97. The predicted octanol–water partition coefficient (Wildman–Crippen LogP) is 0.265. The molecule has 5 nitrogen and oxygen atoms in total. The summed E-state index contributed by atoms with van der Waals surface area (Å²) in [5.74, 6) is -0.381. The molecule has 6 heteroatoms. The predicted molar refractivity (Wildman–Crippen MR) is 57.3 cm³/mol. The molecule has 14 heavy (non-hydrogen) atoms. The number of phenols is 2. The molecule has 0 heterocycles. The van der Waals surface area contributed by atoms with Crippen LogP contribution in [0.25, 0.3) is 0 Å². The van der Waals surface area contributed by atoms with Crippen molar-refractivity contribution in [2.75, 3.05) is 0 Å². The number of phenolic OH excluding ortho intramolecular Hbond substituents is 2. The maximum atomic E-state index is 9.13. The number of hydrogen-bond donors (Lipinski definition) is 4. The SMILES string of the molecule is NC(=S)N/N=C\c1ccc(O)c(O)c1. The van der Waals surface area contributed by atoms with Gasteiger partial charge in [-0.2, -0.15) is 5.10 Å². The van der Waals surface area contributed by atoms with Gasteiger partial charge in [0.05, 0.1) is 6.21 Å². The molecule has 0 saturated heterocycles. The molecule has 0 fully saturated rings. The molecule has 1 aromatic rings. The van der Waals surface area contributed by atoms with Gasteiger partial charge < -0.3 is 15.9 Å². The van der Waals surface area contributed by atoms with E-state index in [1.807, 2.05) is 0 Å². The van der Waals surface area contributed by atoms with E-state index < -0.39 is 0 Å². The summed E-state index contributed by atoms with van der Waals surface area (Å²) in [5, 5.41) is 21.9. The van der Waals surface area contributed by atoms with Crippen molar-refractivity contribution in [1.82, 2.24) is 5.43 Å². The molecule has 0 spiro atoms. The van der Waals surface area contributed by atoms with Crippen LogP contribution in [-0.2, 0) is 0 Å². The normalized spacial score (nSPS) is 10.3. The van der Waals surface area contributed by atoms with Gasteiger partial charge in [0.15, 0.2) is 16.6 Å². The van der Waals surface area contributed by atoms with Crippen LogP contribution in [-0.4, -0.2) is 21.5 Å². The lowest BCUT2D eigenvalue weighted by Crippen LogP contribution is -2.23. The van der Waals surface area contributed by atoms with Crippen molar-refractivity contribution in [3.8, 4) is 11.5 Å². The Morgan fingerprint density at radius 2 is 2.14 bits per heavy atom. The van der Waals surface area contributed by atoms with E-state index in [9.17, 15) is 0 Å². The van der Waals surface area contributed by atoms with Crippen molar-refractivity contribution in [1.29, 1.82) is 0 Å². The first-order chi connectivity index (χ1) is 6.59. The first-order valence-electron chi connectivity index (χ1n) is 3.70. The molecule has 0 aliphatic rings. The maximum Gasteiger partial charge on any atom is 0.184 e. The first-order valence-corrected chi connectivity index (χ1v) is 4.11. The second-order valence-corrected chi connectivity index (χ2v) is 2.92. The molecule has 0 aliphatic carbocycles. The number of hydrazone groups is 1. The molecular formula is C8H9N3O2S. The zero-order valence-electron chi connectivity index (χ0n) is 7.14. The fourth-order valence-electron chi connectivity index (χ4n) is 0.791. The Morgan fingerprint density at radius 1 is 1.43 bits per heavy atom. The number of nitrogens with one attached hydrogen (secondary N) is 1. The molecule has 0 atom stereocenters. The largest absolute Gasteiger partial charge is 0.504 e. The summed E-state index contributed by atoms with van der Waals surface area (Å²) < 4.78 is 0. The molecule has 5 N–H and O–H groups in total. The Labute approximate surface area is 85.9 Å². The average Bonchev–Trinajstić information content (AvgIpc) is 2.10. The van der Waals surface area contributed by atoms with Crippen LogP contribution in [0.1, 0.15) is 5.56 Å². The van der Waals surface area contributed by atoms with Gasteiger partial charge in [0, 0.05) is 0 Å². The molecule has 0 aliphatic heterocycles. The minimum atomic E-state index is -0.204. The molecule has 0 unspecified atom stereocenters. The molecular weight excluding hydrogens is 202 g/mol. The Morgan fingerprint density at radius 3 is 2.71 bits per heavy atom. The van der Waals surface area contributed by atoms with E-state index in [0.717, 1.165) is 0 Å². The highest BCUT2D eigenvalue weighted by molar-refractivity contribution is 7.80. The van der Waals surface area contributed by atoms with Gasteiger partial charge >= 0.3 is 0 Å². The van der Waals surface area contributed by atoms with E-state index in [4.69, 9.17) is 15.9 Å². The van der Waals surface area contributed by atoms with Crippen molar-refractivity contribution >= 4 is 23.5 Å². The summed E-state index contributed by atoms with van der Waals surface area (Å²) in [7, 11) is 0. The van der Waals surface area contributed by atoms with Crippen molar-refractivity contribution in [3.63, 3.8) is 0 Å². The zero-order valence-corrected chi connectivity index (χ0v) is 7.95. The van der Waals surface area contributed by atoms with Crippen LogP contribution >= 0.6 is 12.2 Å². The van der Waals surface area contributed by atoms with E-state index in [-0.39, 0.29) is 16.6 Å². The van der Waals surface area contributed by atoms with Gasteiger partial charge in [-0.25, -0.2) is 0 Å². The van der Waals surface area contributed by atoms with E-state index in [2.05, 4.69) is 22.7 Å². The van der Waals surface area contributed by atoms with Gasteiger partial charge in [-0.3, -0.25) is 5.43 Å². The lowest BCUT2D eigenvalue weighted by atomic mass is 10.2. The first kappa shape index (κ1) is 10.3. The quantitative estimate of drug-likeness (QED) is 0.244. The highest BCUT2D eigenvalue weighted by atomic mass is 32.1. The summed E-state index contributed by atoms with van der Waals surface area (Å²) in [5.41, 5.74) is 8.11. The Bertz CT molecular complexity index is 379. The van der Waals surface area contributed by atoms with Crippen molar-refractivity contribution in [3.05, 3.63) is 23.8 Å². The van der Waals surface area contributed by atoms with Crippen molar-refractivity contribution in [2.45, 2.75) is 0 Å². The minimum absolute atomic E-state index is 0.0595. The standard InChI is InChI=1S/C8H9N3O2S/c9-8(14)11-10-4-5-1-2-6(12)7(13)3-5/h1-4,12-13H,(H3,9,11,14)/b10-4-. The number of benzene rings is 1. The molecule has 1 rings (SSSR count). The van der Waals surface area contributed by atoms with Crippen LogP contribution in [0.3, 0.4) is 0 Å². The summed E-state index contributed by atoms with van der Waals surface area (Å²) in [6, 6.07) is 4.30. The summed E-state index contributed by atoms with van der Waals surface area (Å²) in [4.78, 5) is 0. The molecule has 0 saturated carbocycles. The van der Waals surface area contributed by atoms with Crippen LogP contribution in [0.15, 0.2) is 23.3 Å². The van der Waals surface area contributed by atoms with Crippen molar-refractivity contribution < 1.29 is 10.2 Å². The van der Waals surface area contributed by atoms with Crippen LogP contribution in [0, 0.1) is 0 Å². The number of rotatable bonds is 2. The van der Waals surface area contributed by atoms with E-state index >= 15 is 0 Å². The molecule has 74 valence electrons. The number of nitrogens with zero attached hydrogens (tertiary/aromatic N) is 1. The second kappa shape index (κ2) is 4.43. The Balaban J connectivity index is 2.73. The Hall–Kier alpha value is -1.82. The number of aromatic hydroxyl groups is 2. The second-order valence-electron chi connectivity index (χ2n) is 2.48. The van der Waals surface area contributed by atoms with Gasteiger partial charge in [0.25, 0.3) is 0 Å². The van der Waals surface area contributed by atoms with E-state index in [0.29, 0.717) is 5.56 Å². The summed E-state index contributed by atoms with van der Waals surface area (Å²) >= 11 is 4.52. The lowest BCUT2D eigenvalue weighted by Gasteiger charge is -1.98. The maximum absolute atomic E-state index is 9.13. The van der Waals surface area contributed by atoms with E-state index in [1.165, 1.54) is 18.3 Å². The minimum Gasteiger partial charge on any atom is -0.504 e. The molecule has 0 bridgehead atoms. The van der Waals surface area contributed by atoms with Crippen LogP contribution in [0.2, 0.25) is 0 Å². The zero-order chi connectivity index (χ0) is 10.6. The molecule has 0 amide bonds. The number of hydrogen-bond acceptors (Lipinski definition) is 4. The lowest BCUT2D eigenvalue weighted by molar-refractivity contribution is 0.403. The van der Waals surface area contributed by atoms with Crippen LogP contribution in [0.4, 0.5) is 0 Å². The van der Waals surface area contributed by atoms with Gasteiger partial charge in [-0.15, -0.1) is 0 Å². The summed E-state index contributed by atoms with van der Waals surface area (Å²) in [6.45, 7) is 0. The average molecular weight is 211 g/mol. The third-order valence-corrected chi connectivity index (χ3v) is 1.48. The fourth-order valence-corrected chi connectivity index (χ4v) is 0.844. The third-order valence-electron chi connectivity index (χ3n) is 1.39. The Kier molecular flexibility index (Phi) is 3.24. The van der Waals surface area contributed by atoms with Gasteiger partial charge in [0.1, 0.15) is 0 Å². The topological polar surface area (TPSA) is 90.9 Å². The monoisotopic (exact) mass is 211 g/mol. The fraction of sp³-hybridized carbons (Fsp3) is 0. The van der Waals surface area contributed by atoms with Crippen LogP contribution in [0.5, 0.6) is 11.5 Å². The third kappa shape index (κ3) is 2.91. The van der Waals surface area contributed by atoms with Gasteiger partial charge in [-0.1, -0.05) is 0 Å². The smallest absolute Gasteiger partial charge is 0.184 e. The molecule has 1 aromatic carbocycles. The van der Waals surface area contributed by atoms with Crippen LogP contribution < -0.4 is 11.2 Å². The number of thiocarbonyl (C=S) groups is 1. The van der Waals surface area contributed by atoms with Crippen molar-refractivity contribution in [2.24, 2.45) is 10.8 Å². The molecule has 0 aromatic heterocycles. The highest BCUT2D eigenvalue weighted by Crippen LogP contribution is 2.23. The van der Waals surface area contributed by atoms with E-state index in [1.54, 1.807) is 6.07 Å².